The molecule has 0 radical (unpaired) electrons. The molecule has 0 aliphatic rings. The Hall–Kier alpha value is -0.570. The second-order valence-electron chi connectivity index (χ2n) is 5.75. The van der Waals surface area contributed by atoms with Crippen molar-refractivity contribution in [3.8, 4) is 0 Å². The number of rotatable bonds is 6. The standard InChI is InChI=1S/C13H28N2O/c1-6-7-8-9-10(2)15-12(16)11(14)13(3,4)5/h10-11H,6-9,14H2,1-5H3,(H,15,16)/t10?,11-/m0/s1. The van der Waals surface area contributed by atoms with Crippen LogP contribution in [0.4, 0.5) is 0 Å². The van der Waals surface area contributed by atoms with Crippen molar-refractivity contribution >= 4 is 5.91 Å². The fraction of sp³-hybridized carbons (Fsp3) is 0.923. The number of unbranched alkanes of at least 4 members (excludes halogenated alkanes) is 2. The van der Waals surface area contributed by atoms with Crippen molar-refractivity contribution in [2.75, 3.05) is 0 Å². The van der Waals surface area contributed by atoms with Crippen LogP contribution in [-0.4, -0.2) is 18.0 Å². The molecule has 0 heterocycles. The molecule has 0 aliphatic heterocycles. The molecule has 0 aromatic rings. The third-order valence-corrected chi connectivity index (χ3v) is 2.84. The maximum Gasteiger partial charge on any atom is 0.237 e. The average Bonchev–Trinajstić information content (AvgIpc) is 2.15. The monoisotopic (exact) mass is 228 g/mol. The van der Waals surface area contributed by atoms with Crippen molar-refractivity contribution in [2.45, 2.75) is 72.4 Å². The molecule has 0 bridgehead atoms. The van der Waals surface area contributed by atoms with Crippen molar-refractivity contribution in [3.05, 3.63) is 0 Å². The highest BCUT2D eigenvalue weighted by molar-refractivity contribution is 5.82. The predicted octanol–water partition coefficient (Wildman–Crippen LogP) is 2.44. The van der Waals surface area contributed by atoms with Gasteiger partial charge in [0, 0.05) is 6.04 Å². The second kappa shape index (κ2) is 6.89. The third kappa shape index (κ3) is 6.11. The predicted molar refractivity (Wildman–Crippen MR) is 69.2 cm³/mol. The zero-order chi connectivity index (χ0) is 12.8. The number of hydrogen-bond donors (Lipinski definition) is 2. The van der Waals surface area contributed by atoms with Crippen molar-refractivity contribution < 1.29 is 4.79 Å². The van der Waals surface area contributed by atoms with Gasteiger partial charge in [0.2, 0.25) is 5.91 Å². The van der Waals surface area contributed by atoms with Gasteiger partial charge in [-0.1, -0.05) is 47.0 Å². The van der Waals surface area contributed by atoms with Crippen molar-refractivity contribution in [3.63, 3.8) is 0 Å². The van der Waals surface area contributed by atoms with Crippen molar-refractivity contribution in [2.24, 2.45) is 11.1 Å². The molecular formula is C13H28N2O. The average molecular weight is 228 g/mol. The molecule has 96 valence electrons. The summed E-state index contributed by atoms with van der Waals surface area (Å²) < 4.78 is 0. The lowest BCUT2D eigenvalue weighted by molar-refractivity contribution is -0.125. The molecule has 0 aromatic heterocycles. The SMILES string of the molecule is CCCCCC(C)NC(=O)[C@H](N)C(C)(C)C. The summed E-state index contributed by atoms with van der Waals surface area (Å²) in [5.74, 6) is -0.0310. The van der Waals surface area contributed by atoms with Crippen LogP contribution in [0.15, 0.2) is 0 Å². The summed E-state index contributed by atoms with van der Waals surface area (Å²) in [5.41, 5.74) is 5.71. The largest absolute Gasteiger partial charge is 0.352 e. The summed E-state index contributed by atoms with van der Waals surface area (Å²) in [6.45, 7) is 10.2. The molecule has 0 aliphatic carbocycles. The highest BCUT2D eigenvalue weighted by Gasteiger charge is 2.27. The molecule has 3 N–H and O–H groups in total. The van der Waals surface area contributed by atoms with Crippen LogP contribution in [0.3, 0.4) is 0 Å². The number of nitrogens with one attached hydrogen (secondary N) is 1. The number of nitrogens with two attached hydrogens (primary N) is 1. The maximum absolute atomic E-state index is 11.8. The normalized spacial score (nSPS) is 15.6. The van der Waals surface area contributed by atoms with Gasteiger partial charge in [-0.3, -0.25) is 4.79 Å². The highest BCUT2D eigenvalue weighted by Crippen LogP contribution is 2.17. The minimum Gasteiger partial charge on any atom is -0.352 e. The molecule has 3 heteroatoms. The van der Waals surface area contributed by atoms with Crippen LogP contribution < -0.4 is 11.1 Å². The topological polar surface area (TPSA) is 55.1 Å². The van der Waals surface area contributed by atoms with Crippen LogP contribution in [0.1, 0.15) is 60.3 Å². The highest BCUT2D eigenvalue weighted by atomic mass is 16.2. The molecule has 1 amide bonds. The zero-order valence-electron chi connectivity index (χ0n) is 11.5. The lowest BCUT2D eigenvalue weighted by Crippen LogP contribution is -2.50. The summed E-state index contributed by atoms with van der Waals surface area (Å²) in [7, 11) is 0. The van der Waals surface area contributed by atoms with Crippen molar-refractivity contribution in [1.29, 1.82) is 0 Å². The number of carbonyl (C=O) groups is 1. The van der Waals surface area contributed by atoms with E-state index in [0.29, 0.717) is 0 Å². The summed E-state index contributed by atoms with van der Waals surface area (Å²) in [4.78, 5) is 11.8. The molecule has 0 saturated carbocycles. The van der Waals surface area contributed by atoms with E-state index in [4.69, 9.17) is 5.73 Å². The van der Waals surface area contributed by atoms with E-state index in [-0.39, 0.29) is 17.4 Å². The minimum atomic E-state index is -0.430. The first-order valence-electron chi connectivity index (χ1n) is 6.35. The Labute approximate surface area is 100 Å². The Balaban J connectivity index is 3.95. The van der Waals surface area contributed by atoms with Crippen LogP contribution in [0, 0.1) is 5.41 Å². The second-order valence-corrected chi connectivity index (χ2v) is 5.75. The van der Waals surface area contributed by atoms with Gasteiger partial charge in [-0.15, -0.1) is 0 Å². The van der Waals surface area contributed by atoms with E-state index in [0.717, 1.165) is 6.42 Å². The summed E-state index contributed by atoms with van der Waals surface area (Å²) in [5, 5.41) is 2.98. The molecular weight excluding hydrogens is 200 g/mol. The quantitative estimate of drug-likeness (QED) is 0.686. The van der Waals surface area contributed by atoms with Crippen molar-refractivity contribution in [1.82, 2.24) is 5.32 Å². The van der Waals surface area contributed by atoms with Gasteiger partial charge in [-0.25, -0.2) is 0 Å². The Kier molecular flexibility index (Phi) is 6.65. The molecule has 0 rings (SSSR count). The van der Waals surface area contributed by atoms with Gasteiger partial charge in [-0.05, 0) is 18.8 Å². The Morgan fingerprint density at radius 3 is 2.31 bits per heavy atom. The van der Waals surface area contributed by atoms with Gasteiger partial charge >= 0.3 is 0 Å². The first-order valence-corrected chi connectivity index (χ1v) is 6.35. The maximum atomic E-state index is 11.8. The van der Waals surface area contributed by atoms with E-state index in [1.807, 2.05) is 27.7 Å². The van der Waals surface area contributed by atoms with Gasteiger partial charge in [0.05, 0.1) is 6.04 Å². The van der Waals surface area contributed by atoms with Gasteiger partial charge in [0.25, 0.3) is 0 Å². The van der Waals surface area contributed by atoms with E-state index in [1.165, 1.54) is 19.3 Å². The molecule has 0 aromatic carbocycles. The summed E-state index contributed by atoms with van der Waals surface area (Å²) >= 11 is 0. The van der Waals surface area contributed by atoms with Crippen LogP contribution in [0.5, 0.6) is 0 Å². The van der Waals surface area contributed by atoms with Crippen LogP contribution in [0.2, 0.25) is 0 Å². The minimum absolute atomic E-state index is 0.0310. The first kappa shape index (κ1) is 15.4. The summed E-state index contributed by atoms with van der Waals surface area (Å²) in [6.07, 6.45) is 4.65. The van der Waals surface area contributed by atoms with Gasteiger partial charge < -0.3 is 11.1 Å². The lowest BCUT2D eigenvalue weighted by Gasteiger charge is -2.27. The van der Waals surface area contributed by atoms with E-state index >= 15 is 0 Å². The number of hydrogen-bond acceptors (Lipinski definition) is 2. The van der Waals surface area contributed by atoms with E-state index in [1.54, 1.807) is 0 Å². The Morgan fingerprint density at radius 2 is 1.88 bits per heavy atom. The molecule has 0 saturated heterocycles. The zero-order valence-corrected chi connectivity index (χ0v) is 11.5. The lowest BCUT2D eigenvalue weighted by atomic mass is 9.87. The van der Waals surface area contributed by atoms with Crippen LogP contribution in [0.25, 0.3) is 0 Å². The Bertz CT molecular complexity index is 208. The van der Waals surface area contributed by atoms with Gasteiger partial charge in [-0.2, -0.15) is 0 Å². The molecule has 0 spiro atoms. The fourth-order valence-electron chi connectivity index (χ4n) is 1.50. The van der Waals surface area contributed by atoms with Gasteiger partial charge in [0.15, 0.2) is 0 Å². The molecule has 0 fully saturated rings. The van der Waals surface area contributed by atoms with E-state index < -0.39 is 6.04 Å². The smallest absolute Gasteiger partial charge is 0.237 e. The van der Waals surface area contributed by atoms with Crippen LogP contribution in [-0.2, 0) is 4.79 Å². The number of amides is 1. The molecule has 2 atom stereocenters. The molecule has 16 heavy (non-hydrogen) atoms. The summed E-state index contributed by atoms with van der Waals surface area (Å²) in [6, 6.07) is -0.200. The van der Waals surface area contributed by atoms with Gasteiger partial charge in [0.1, 0.15) is 0 Å². The van der Waals surface area contributed by atoms with E-state index in [9.17, 15) is 4.79 Å². The Morgan fingerprint density at radius 1 is 1.31 bits per heavy atom. The van der Waals surface area contributed by atoms with Crippen LogP contribution >= 0.6 is 0 Å². The first-order chi connectivity index (χ1) is 7.29. The molecule has 3 nitrogen and oxygen atoms in total. The molecule has 1 unspecified atom stereocenters. The van der Waals surface area contributed by atoms with E-state index in [2.05, 4.69) is 12.2 Å². The number of carbonyl (C=O) groups excluding carboxylic acids is 1. The third-order valence-electron chi connectivity index (χ3n) is 2.84. The fourth-order valence-corrected chi connectivity index (χ4v) is 1.50.